The molecule has 6 N–H and O–H groups in total. The lowest BCUT2D eigenvalue weighted by molar-refractivity contribution is -0.119. The summed E-state index contributed by atoms with van der Waals surface area (Å²) in [5, 5.41) is 23.2. The zero-order valence-electron chi connectivity index (χ0n) is 20.5. The van der Waals surface area contributed by atoms with Crippen molar-refractivity contribution in [3.05, 3.63) is 80.3 Å². The Morgan fingerprint density at radius 1 is 1.23 bits per heavy atom. The van der Waals surface area contributed by atoms with E-state index in [1.54, 1.807) is 18.2 Å². The van der Waals surface area contributed by atoms with Crippen molar-refractivity contribution in [2.75, 3.05) is 23.8 Å². The third-order valence-corrected chi connectivity index (χ3v) is 5.90. The summed E-state index contributed by atoms with van der Waals surface area (Å²) in [5.74, 6) is -1.68. The Labute approximate surface area is 227 Å². The number of unbranched alkanes of at least 4 members (excludes halogenated alkanes) is 1. The maximum Gasteiger partial charge on any atom is 0.313 e. The Hall–Kier alpha value is -4.78. The molecule has 2 heterocycles. The zero-order valence-corrected chi connectivity index (χ0v) is 21.3. The molecule has 39 heavy (non-hydrogen) atoms. The van der Waals surface area contributed by atoms with Crippen LogP contribution in [-0.4, -0.2) is 39.7 Å². The van der Waals surface area contributed by atoms with Gasteiger partial charge in [-0.25, -0.2) is 10.5 Å². The van der Waals surface area contributed by atoms with Gasteiger partial charge in [0, 0.05) is 39.4 Å². The summed E-state index contributed by atoms with van der Waals surface area (Å²) < 4.78 is 1.12. The highest BCUT2D eigenvalue weighted by atomic mass is 35.5. The molecule has 0 saturated heterocycles. The largest absolute Gasteiger partial charge is 0.506 e. The Kier molecular flexibility index (Phi) is 10.1. The second-order valence-electron chi connectivity index (χ2n) is 8.19. The van der Waals surface area contributed by atoms with E-state index in [1.165, 1.54) is 30.6 Å². The van der Waals surface area contributed by atoms with E-state index >= 15 is 0 Å². The Morgan fingerprint density at radius 3 is 2.69 bits per heavy atom. The summed E-state index contributed by atoms with van der Waals surface area (Å²) in [6, 6.07) is 7.75. The molecule has 15 heteroatoms. The number of carbonyl (C=O) groups excluding carboxylic acids is 2. The van der Waals surface area contributed by atoms with Crippen molar-refractivity contribution in [2.45, 2.75) is 25.3 Å². The van der Waals surface area contributed by atoms with Crippen molar-refractivity contribution in [1.82, 2.24) is 9.55 Å². The molecule has 0 saturated carbocycles. The second-order valence-corrected chi connectivity index (χ2v) is 8.63. The van der Waals surface area contributed by atoms with Crippen LogP contribution in [0.15, 0.2) is 63.8 Å². The molecule has 1 unspecified atom stereocenters. The minimum absolute atomic E-state index is 0.0705. The number of halogens is 1. The van der Waals surface area contributed by atoms with Crippen molar-refractivity contribution >= 4 is 34.8 Å². The predicted octanol–water partition coefficient (Wildman–Crippen LogP) is 4.43. The van der Waals surface area contributed by atoms with E-state index in [4.69, 9.17) is 28.4 Å². The molecule has 202 valence electrons. The number of hydrogen-bond acceptors (Lipinski definition) is 9. The van der Waals surface area contributed by atoms with Gasteiger partial charge in [-0.2, -0.15) is 0 Å². The lowest BCUT2D eigenvalue weighted by atomic mass is 10.0. The molecule has 0 aliphatic heterocycles. The van der Waals surface area contributed by atoms with Crippen LogP contribution in [0, 0.1) is 5.53 Å². The van der Waals surface area contributed by atoms with Gasteiger partial charge in [-0.15, -0.1) is 5.11 Å². The van der Waals surface area contributed by atoms with Crippen molar-refractivity contribution in [3.8, 4) is 16.9 Å². The average molecular weight is 553 g/mol. The molecule has 3 rings (SSSR count). The smallest absolute Gasteiger partial charge is 0.313 e. The predicted molar refractivity (Wildman–Crippen MR) is 145 cm³/mol. The van der Waals surface area contributed by atoms with Gasteiger partial charge in [0.25, 0.3) is 5.56 Å². The van der Waals surface area contributed by atoms with E-state index < -0.39 is 23.4 Å². The fourth-order valence-electron chi connectivity index (χ4n) is 3.84. The Morgan fingerprint density at radius 2 is 2.03 bits per heavy atom. The van der Waals surface area contributed by atoms with E-state index in [-0.39, 0.29) is 42.3 Å². The minimum atomic E-state index is -1.05. The number of aromatic hydroxyl groups is 1. The molecule has 0 aliphatic rings. The number of aromatic nitrogens is 2. The van der Waals surface area contributed by atoms with E-state index in [0.29, 0.717) is 29.1 Å². The third-order valence-electron chi connectivity index (χ3n) is 5.66. The summed E-state index contributed by atoms with van der Waals surface area (Å²) in [6.07, 6.45) is 3.49. The maximum absolute atomic E-state index is 13.3. The van der Waals surface area contributed by atoms with Gasteiger partial charge >= 0.3 is 5.91 Å². The molecule has 1 atom stereocenters. The molecular weight excluding hydrogens is 528 g/mol. The number of pyridine rings is 2. The molecule has 0 spiro atoms. The first kappa shape index (κ1) is 28.8. The highest BCUT2D eigenvalue weighted by Crippen LogP contribution is 2.36. The van der Waals surface area contributed by atoms with Crippen LogP contribution < -0.4 is 21.9 Å². The van der Waals surface area contributed by atoms with Gasteiger partial charge in [0.2, 0.25) is 5.91 Å². The number of rotatable bonds is 12. The molecule has 0 bridgehead atoms. The summed E-state index contributed by atoms with van der Waals surface area (Å²) in [5.41, 5.74) is 21.7. The first-order valence-electron chi connectivity index (χ1n) is 11.7. The molecule has 0 aliphatic carbocycles. The van der Waals surface area contributed by atoms with Gasteiger partial charge < -0.3 is 21.5 Å². The SMILES string of the molecule is [N-]=[N+]=NCCCCC(C(=O)Nc1ccc(C(=O)N=N)nc1)n1cc(O)c(-c2cc(Cl)ccc2NCN)cc1=O. The van der Waals surface area contributed by atoms with E-state index in [0.717, 1.165) is 4.57 Å². The maximum atomic E-state index is 13.3. The number of nitrogens with zero attached hydrogens (tertiary/aromatic N) is 6. The second kappa shape index (κ2) is 13.7. The lowest BCUT2D eigenvalue weighted by Gasteiger charge is -2.21. The molecule has 1 aromatic carbocycles. The summed E-state index contributed by atoms with van der Waals surface area (Å²) in [7, 11) is 0. The number of hydrogen-bond donors (Lipinski definition) is 5. The molecule has 2 aromatic heterocycles. The van der Waals surface area contributed by atoms with Crippen LogP contribution in [0.4, 0.5) is 11.4 Å². The van der Waals surface area contributed by atoms with Crippen molar-refractivity contribution in [1.29, 1.82) is 5.53 Å². The van der Waals surface area contributed by atoms with Crippen LogP contribution in [-0.2, 0) is 4.79 Å². The van der Waals surface area contributed by atoms with Crippen LogP contribution >= 0.6 is 11.6 Å². The fourth-order valence-corrected chi connectivity index (χ4v) is 4.01. The Bertz CT molecular complexity index is 1470. The van der Waals surface area contributed by atoms with Crippen LogP contribution in [0.2, 0.25) is 5.02 Å². The molecule has 0 radical (unpaired) electrons. The number of anilines is 2. The standard InChI is InChI=1S/C24H25ClN10O4/c25-14-4-6-18(30-13-26)16(9-14)17-10-22(37)35(12-21(17)36)20(3-1-2-8-31-34-28)24(39)32-15-5-7-19(29-11-15)23(38)33-27/h4-7,9-12,20,27,30,36H,1-3,8,13,26H2,(H,32,39). The minimum Gasteiger partial charge on any atom is -0.506 e. The fraction of sp³-hybridized carbons (Fsp3) is 0.250. The van der Waals surface area contributed by atoms with E-state index in [2.05, 4.69) is 30.8 Å². The topological polar surface area (TPSA) is 224 Å². The van der Waals surface area contributed by atoms with Crippen LogP contribution in [0.1, 0.15) is 35.8 Å². The van der Waals surface area contributed by atoms with Crippen molar-refractivity contribution < 1.29 is 14.7 Å². The third kappa shape index (κ3) is 7.38. The Balaban J connectivity index is 1.96. The number of azide groups is 1. The average Bonchev–Trinajstić information content (AvgIpc) is 2.93. The van der Waals surface area contributed by atoms with Gasteiger partial charge in [-0.3, -0.25) is 19.0 Å². The van der Waals surface area contributed by atoms with Crippen LogP contribution in [0.3, 0.4) is 0 Å². The van der Waals surface area contributed by atoms with Crippen molar-refractivity contribution in [3.63, 3.8) is 0 Å². The zero-order chi connectivity index (χ0) is 28.4. The normalized spacial score (nSPS) is 11.2. The van der Waals surface area contributed by atoms with Gasteiger partial charge in [-0.1, -0.05) is 23.1 Å². The monoisotopic (exact) mass is 552 g/mol. The summed E-state index contributed by atoms with van der Waals surface area (Å²) in [6.45, 7) is 0.322. The van der Waals surface area contributed by atoms with E-state index in [1.807, 2.05) is 0 Å². The number of nitrogens with one attached hydrogen (secondary N) is 3. The van der Waals surface area contributed by atoms with Crippen molar-refractivity contribution in [2.24, 2.45) is 16.0 Å². The van der Waals surface area contributed by atoms with Gasteiger partial charge in [0.05, 0.1) is 24.7 Å². The highest BCUT2D eigenvalue weighted by molar-refractivity contribution is 6.31. The molecular formula is C24H25ClN10O4. The van der Waals surface area contributed by atoms with Crippen LogP contribution in [0.5, 0.6) is 5.75 Å². The van der Waals surface area contributed by atoms with Crippen LogP contribution in [0.25, 0.3) is 21.6 Å². The number of benzene rings is 1. The summed E-state index contributed by atoms with van der Waals surface area (Å²) >= 11 is 6.14. The van der Waals surface area contributed by atoms with Gasteiger partial charge in [-0.05, 0) is 48.7 Å². The number of amides is 2. The number of carbonyl (C=O) groups is 2. The first-order valence-corrected chi connectivity index (χ1v) is 12.1. The summed E-state index contributed by atoms with van der Waals surface area (Å²) in [4.78, 5) is 44.6. The number of nitrogens with two attached hydrogens (primary N) is 1. The molecule has 2 amide bonds. The highest BCUT2D eigenvalue weighted by Gasteiger charge is 2.24. The van der Waals surface area contributed by atoms with Gasteiger partial charge in [0.15, 0.2) is 0 Å². The lowest BCUT2D eigenvalue weighted by Crippen LogP contribution is -2.33. The first-order chi connectivity index (χ1) is 18.8. The molecule has 3 aromatic rings. The quantitative estimate of drug-likeness (QED) is 0.0713. The molecule has 14 nitrogen and oxygen atoms in total. The van der Waals surface area contributed by atoms with E-state index in [9.17, 15) is 19.5 Å². The molecule has 0 fully saturated rings. The van der Waals surface area contributed by atoms with Gasteiger partial charge in [0.1, 0.15) is 17.5 Å².